The van der Waals surface area contributed by atoms with Crippen LogP contribution in [0, 0.1) is 0 Å². The molecule has 2 heterocycles. The number of fused-ring (bicyclic) bond motifs is 1. The Hall–Kier alpha value is -3.01. The number of hydrogen-bond acceptors (Lipinski definition) is 1. The van der Waals surface area contributed by atoms with Gasteiger partial charge in [-0.1, -0.05) is 65.7 Å². The predicted molar refractivity (Wildman–Crippen MR) is 128 cm³/mol. The summed E-state index contributed by atoms with van der Waals surface area (Å²) in [6, 6.07) is 27.4. The molecule has 5 heteroatoms. The number of halogens is 2. The van der Waals surface area contributed by atoms with Gasteiger partial charge in [-0.05, 0) is 60.0 Å². The first-order chi connectivity index (χ1) is 15.1. The van der Waals surface area contributed by atoms with E-state index >= 15 is 0 Å². The van der Waals surface area contributed by atoms with E-state index in [1.165, 1.54) is 0 Å². The molecule has 0 aliphatic carbocycles. The number of carbonyl (C=O) groups is 1. The fraction of sp³-hybridized carbons (Fsp3) is 0.115. The number of rotatable bonds is 4. The van der Waals surface area contributed by atoms with Gasteiger partial charge in [-0.2, -0.15) is 0 Å². The van der Waals surface area contributed by atoms with Crippen molar-refractivity contribution in [2.75, 3.05) is 5.32 Å². The summed E-state index contributed by atoms with van der Waals surface area (Å²) in [6.45, 7) is 0.785. The molecule has 3 nitrogen and oxygen atoms in total. The highest BCUT2D eigenvalue weighted by Gasteiger charge is 2.33. The maximum absolute atomic E-state index is 13.1. The molecule has 0 spiro atoms. The zero-order chi connectivity index (χ0) is 21.4. The number of carbonyl (C=O) groups excluding carboxylic acids is 1. The minimum atomic E-state index is -0.202. The van der Waals surface area contributed by atoms with Gasteiger partial charge < -0.3 is 9.88 Å². The van der Waals surface area contributed by atoms with E-state index in [1.54, 1.807) is 0 Å². The van der Waals surface area contributed by atoms with Gasteiger partial charge in [0.25, 0.3) is 0 Å². The number of anilines is 1. The molecule has 1 aliphatic rings. The first-order valence-electron chi connectivity index (χ1n) is 10.2. The molecule has 0 fully saturated rings. The molecule has 1 aromatic heterocycles. The van der Waals surface area contributed by atoms with Gasteiger partial charge in [-0.3, -0.25) is 4.79 Å². The van der Waals surface area contributed by atoms with Crippen LogP contribution in [0.2, 0.25) is 10.0 Å². The van der Waals surface area contributed by atoms with E-state index in [0.29, 0.717) is 10.0 Å². The van der Waals surface area contributed by atoms with Gasteiger partial charge in [-0.25, -0.2) is 0 Å². The van der Waals surface area contributed by atoms with Crippen LogP contribution in [0.4, 0.5) is 5.69 Å². The van der Waals surface area contributed by atoms with Gasteiger partial charge >= 0.3 is 0 Å². The number of nitrogens with one attached hydrogen (secondary N) is 1. The Morgan fingerprint density at radius 2 is 1.45 bits per heavy atom. The van der Waals surface area contributed by atoms with Crippen LogP contribution in [-0.4, -0.2) is 10.5 Å². The van der Waals surface area contributed by atoms with Gasteiger partial charge in [0.15, 0.2) is 0 Å². The quantitative estimate of drug-likeness (QED) is 0.351. The molecular formula is C26H20Cl2N2O. The molecule has 4 aromatic rings. The van der Waals surface area contributed by atoms with E-state index in [1.807, 2.05) is 78.9 Å². The van der Waals surface area contributed by atoms with Crippen LogP contribution in [-0.2, 0) is 11.3 Å². The molecule has 5 rings (SSSR count). The Morgan fingerprint density at radius 1 is 0.839 bits per heavy atom. The Balaban J connectivity index is 1.58. The first-order valence-corrected chi connectivity index (χ1v) is 11.0. The minimum absolute atomic E-state index is 0.0211. The van der Waals surface area contributed by atoms with Crippen LogP contribution in [0.15, 0.2) is 84.9 Å². The second kappa shape index (κ2) is 8.26. The monoisotopic (exact) mass is 446 g/mol. The lowest BCUT2D eigenvalue weighted by Gasteiger charge is -2.11. The average molecular weight is 447 g/mol. The van der Waals surface area contributed by atoms with E-state index in [2.05, 4.69) is 16.0 Å². The summed E-state index contributed by atoms with van der Waals surface area (Å²) in [5, 5.41) is 4.46. The molecule has 1 atom stereocenters. The maximum Gasteiger partial charge on any atom is 0.233 e. The SMILES string of the molecule is O=C(Nc1ccccc1)C1CCn2c1cc(-c1ccc(Cl)cc1)c2-c1ccc(Cl)cc1. The summed E-state index contributed by atoms with van der Waals surface area (Å²) in [6.07, 6.45) is 0.773. The summed E-state index contributed by atoms with van der Waals surface area (Å²) in [5.74, 6) is -0.180. The number of amides is 1. The minimum Gasteiger partial charge on any atom is -0.343 e. The smallest absolute Gasteiger partial charge is 0.233 e. The summed E-state index contributed by atoms with van der Waals surface area (Å²) >= 11 is 12.2. The van der Waals surface area contributed by atoms with Crippen molar-refractivity contribution in [1.82, 2.24) is 4.57 Å². The lowest BCUT2D eigenvalue weighted by atomic mass is 9.98. The summed E-state index contributed by atoms with van der Waals surface area (Å²) < 4.78 is 2.27. The topological polar surface area (TPSA) is 34.0 Å². The van der Waals surface area contributed by atoms with E-state index in [-0.39, 0.29) is 11.8 Å². The Labute approximate surface area is 191 Å². The van der Waals surface area contributed by atoms with Crippen molar-refractivity contribution in [2.24, 2.45) is 0 Å². The standard InChI is InChI=1S/C26H20Cl2N2O/c27-19-10-6-17(7-11-19)23-16-24-22(26(31)29-21-4-2-1-3-5-21)14-15-30(24)25(23)18-8-12-20(28)13-9-18/h1-13,16,22H,14-15H2,(H,29,31). The number of nitrogens with zero attached hydrogens (tertiary/aromatic N) is 1. The fourth-order valence-corrected chi connectivity index (χ4v) is 4.54. The van der Waals surface area contributed by atoms with E-state index in [0.717, 1.165) is 46.7 Å². The van der Waals surface area contributed by atoms with Gasteiger partial charge in [0.2, 0.25) is 5.91 Å². The number of para-hydroxylation sites is 1. The van der Waals surface area contributed by atoms with Crippen molar-refractivity contribution in [3.63, 3.8) is 0 Å². The van der Waals surface area contributed by atoms with Crippen LogP contribution in [0.3, 0.4) is 0 Å². The fourth-order valence-electron chi connectivity index (χ4n) is 4.29. The van der Waals surface area contributed by atoms with E-state index in [9.17, 15) is 4.79 Å². The predicted octanol–water partition coefficient (Wildman–Crippen LogP) is 7.25. The Bertz CT molecular complexity index is 1230. The average Bonchev–Trinajstić information content (AvgIpc) is 3.35. The third kappa shape index (κ3) is 3.87. The molecule has 0 saturated heterocycles. The molecule has 1 N–H and O–H groups in total. The van der Waals surface area contributed by atoms with Gasteiger partial charge in [0.05, 0.1) is 11.6 Å². The van der Waals surface area contributed by atoms with Crippen LogP contribution in [0.5, 0.6) is 0 Å². The molecule has 1 unspecified atom stereocenters. The number of aromatic nitrogens is 1. The summed E-state index contributed by atoms with van der Waals surface area (Å²) in [5.41, 5.74) is 6.18. The third-order valence-electron chi connectivity index (χ3n) is 5.76. The highest BCUT2D eigenvalue weighted by Crippen LogP contribution is 2.42. The molecule has 154 valence electrons. The van der Waals surface area contributed by atoms with Crippen molar-refractivity contribution < 1.29 is 4.79 Å². The number of benzene rings is 3. The second-order valence-electron chi connectivity index (χ2n) is 7.69. The summed E-state index contributed by atoms with van der Waals surface area (Å²) in [4.78, 5) is 13.1. The normalized spacial score (nSPS) is 15.0. The van der Waals surface area contributed by atoms with Crippen molar-refractivity contribution >= 4 is 34.8 Å². The van der Waals surface area contributed by atoms with Crippen LogP contribution < -0.4 is 5.32 Å². The van der Waals surface area contributed by atoms with Crippen molar-refractivity contribution in [1.29, 1.82) is 0 Å². The lowest BCUT2D eigenvalue weighted by molar-refractivity contribution is -0.117. The highest BCUT2D eigenvalue weighted by atomic mass is 35.5. The zero-order valence-electron chi connectivity index (χ0n) is 16.7. The maximum atomic E-state index is 13.1. The van der Waals surface area contributed by atoms with Crippen molar-refractivity contribution in [3.05, 3.63) is 101 Å². The van der Waals surface area contributed by atoms with Gasteiger partial charge in [0, 0.05) is 33.5 Å². The molecule has 0 saturated carbocycles. The zero-order valence-corrected chi connectivity index (χ0v) is 18.2. The molecule has 1 amide bonds. The molecule has 0 bridgehead atoms. The second-order valence-corrected chi connectivity index (χ2v) is 8.57. The van der Waals surface area contributed by atoms with Crippen LogP contribution in [0.1, 0.15) is 18.0 Å². The molecular weight excluding hydrogens is 427 g/mol. The molecule has 31 heavy (non-hydrogen) atoms. The lowest BCUT2D eigenvalue weighted by Crippen LogP contribution is -2.19. The molecule has 0 radical (unpaired) electrons. The highest BCUT2D eigenvalue weighted by molar-refractivity contribution is 6.31. The largest absolute Gasteiger partial charge is 0.343 e. The van der Waals surface area contributed by atoms with Gasteiger partial charge in [0.1, 0.15) is 0 Å². The van der Waals surface area contributed by atoms with Crippen molar-refractivity contribution in [3.8, 4) is 22.4 Å². The molecule has 3 aromatic carbocycles. The third-order valence-corrected chi connectivity index (χ3v) is 6.26. The Kier molecular flexibility index (Phi) is 5.31. The number of hydrogen-bond donors (Lipinski definition) is 1. The van der Waals surface area contributed by atoms with Crippen LogP contribution in [0.25, 0.3) is 22.4 Å². The molecule has 1 aliphatic heterocycles. The van der Waals surface area contributed by atoms with E-state index < -0.39 is 0 Å². The first kappa shape index (κ1) is 19.9. The summed E-state index contributed by atoms with van der Waals surface area (Å²) in [7, 11) is 0. The van der Waals surface area contributed by atoms with Crippen LogP contribution >= 0.6 is 23.2 Å². The van der Waals surface area contributed by atoms with Gasteiger partial charge in [-0.15, -0.1) is 0 Å². The Morgan fingerprint density at radius 3 is 2.10 bits per heavy atom. The van der Waals surface area contributed by atoms with Crippen molar-refractivity contribution in [2.45, 2.75) is 18.9 Å². The van der Waals surface area contributed by atoms with E-state index in [4.69, 9.17) is 23.2 Å².